The van der Waals surface area contributed by atoms with Crippen molar-refractivity contribution >= 4 is 17.7 Å². The SMILES string of the molecule is CCCN1CC[C@]2(c3ccc(OC)c(OC)c3)CC[C@@H](NC(=O)Nc3cc(F)cc(C(F)(F)F)c3)C[C@H]12.O=C(O)C(F)(F)F. The maximum atomic E-state index is 13.7. The third-order valence-corrected chi connectivity index (χ3v) is 7.90. The molecule has 0 radical (unpaired) electrons. The van der Waals surface area contributed by atoms with E-state index in [1.165, 1.54) is 5.56 Å². The summed E-state index contributed by atoms with van der Waals surface area (Å²) >= 11 is 0. The number of nitrogens with zero attached hydrogens (tertiary/aromatic N) is 1. The maximum Gasteiger partial charge on any atom is 0.490 e. The van der Waals surface area contributed by atoms with Crippen LogP contribution in [0, 0.1) is 5.82 Å². The standard InChI is InChI=1S/C27H33F4N3O3.C2HF3O2/c1-4-10-34-11-9-26(17-5-6-22(36-2)23(14-17)37-3)8-7-20(16-24(26)34)32-25(35)33-21-13-18(27(29,30)31)12-19(28)15-21;3-2(4,5)1(6)7/h5-6,12-15,20,24H,4,7-11,16H2,1-3H3,(H2,32,33,35);(H,6,7)/t20-,24+,26+;/m1./s1. The zero-order chi connectivity index (χ0) is 32.9. The molecule has 1 heterocycles. The van der Waals surface area contributed by atoms with Crippen LogP contribution >= 0.6 is 0 Å². The van der Waals surface area contributed by atoms with Crippen molar-refractivity contribution in [1.29, 1.82) is 0 Å². The number of carboxylic acids is 1. The van der Waals surface area contributed by atoms with Crippen LogP contribution in [-0.4, -0.2) is 67.6 Å². The third kappa shape index (κ3) is 8.24. The molecule has 1 saturated carbocycles. The van der Waals surface area contributed by atoms with Gasteiger partial charge in [0.05, 0.1) is 19.8 Å². The van der Waals surface area contributed by atoms with Crippen LogP contribution in [0.25, 0.3) is 0 Å². The quantitative estimate of drug-likeness (QED) is 0.296. The van der Waals surface area contributed by atoms with Gasteiger partial charge in [-0.1, -0.05) is 13.0 Å². The minimum Gasteiger partial charge on any atom is -0.493 e. The Bertz CT molecular complexity index is 1320. The Morgan fingerprint density at radius 1 is 1.02 bits per heavy atom. The Morgan fingerprint density at radius 3 is 2.25 bits per heavy atom. The largest absolute Gasteiger partial charge is 0.493 e. The molecule has 15 heteroatoms. The Hall–Kier alpha value is -3.75. The average Bonchev–Trinajstić information content (AvgIpc) is 3.30. The van der Waals surface area contributed by atoms with Gasteiger partial charge in [-0.2, -0.15) is 26.3 Å². The van der Waals surface area contributed by atoms with Crippen molar-refractivity contribution in [1.82, 2.24) is 10.2 Å². The molecule has 0 spiro atoms. The number of methoxy groups -OCH3 is 2. The zero-order valence-electron chi connectivity index (χ0n) is 24.2. The van der Waals surface area contributed by atoms with Crippen molar-refractivity contribution in [3.63, 3.8) is 0 Å². The summed E-state index contributed by atoms with van der Waals surface area (Å²) in [6.07, 6.45) is -5.59. The fraction of sp³-hybridized carbons (Fsp3) is 0.517. The number of fused-ring (bicyclic) bond motifs is 1. The Morgan fingerprint density at radius 2 is 1.68 bits per heavy atom. The summed E-state index contributed by atoms with van der Waals surface area (Å²) in [5, 5.41) is 12.4. The second kappa shape index (κ2) is 13.9. The number of halogens is 7. The Labute approximate surface area is 249 Å². The second-order valence-electron chi connectivity index (χ2n) is 10.6. The first-order chi connectivity index (χ1) is 20.5. The highest BCUT2D eigenvalue weighted by atomic mass is 19.4. The van der Waals surface area contributed by atoms with Crippen LogP contribution < -0.4 is 20.1 Å². The monoisotopic (exact) mass is 637 g/mol. The maximum absolute atomic E-state index is 13.7. The molecule has 3 atom stereocenters. The lowest BCUT2D eigenvalue weighted by molar-refractivity contribution is -0.192. The van der Waals surface area contributed by atoms with Crippen LogP contribution in [0.3, 0.4) is 0 Å². The number of ether oxygens (including phenoxy) is 2. The van der Waals surface area contributed by atoms with E-state index in [1.54, 1.807) is 14.2 Å². The van der Waals surface area contributed by atoms with Gasteiger partial charge in [0.2, 0.25) is 0 Å². The summed E-state index contributed by atoms with van der Waals surface area (Å²) in [4.78, 5) is 24.0. The van der Waals surface area contributed by atoms with E-state index in [2.05, 4.69) is 28.5 Å². The van der Waals surface area contributed by atoms with Crippen LogP contribution in [-0.2, 0) is 16.4 Å². The van der Waals surface area contributed by atoms with E-state index in [4.69, 9.17) is 19.4 Å². The van der Waals surface area contributed by atoms with Crippen molar-refractivity contribution in [2.24, 2.45) is 0 Å². The van der Waals surface area contributed by atoms with Crippen molar-refractivity contribution in [2.75, 3.05) is 32.6 Å². The molecule has 44 heavy (non-hydrogen) atoms. The van der Waals surface area contributed by atoms with Crippen LogP contribution in [0.1, 0.15) is 50.2 Å². The molecule has 0 aromatic heterocycles. The zero-order valence-corrected chi connectivity index (χ0v) is 24.2. The number of amides is 2. The van der Waals surface area contributed by atoms with Gasteiger partial charge in [-0.25, -0.2) is 14.0 Å². The van der Waals surface area contributed by atoms with E-state index in [9.17, 15) is 35.5 Å². The first-order valence-electron chi connectivity index (χ1n) is 13.8. The number of hydrogen-bond acceptors (Lipinski definition) is 5. The van der Waals surface area contributed by atoms with E-state index < -0.39 is 35.7 Å². The van der Waals surface area contributed by atoms with Crippen LogP contribution in [0.2, 0.25) is 0 Å². The van der Waals surface area contributed by atoms with Gasteiger partial charge in [0, 0.05) is 23.2 Å². The van der Waals surface area contributed by atoms with E-state index in [1.807, 2.05) is 12.1 Å². The lowest BCUT2D eigenvalue weighted by Crippen LogP contribution is -2.53. The highest BCUT2D eigenvalue weighted by Crippen LogP contribution is 2.50. The number of hydrogen-bond donors (Lipinski definition) is 3. The summed E-state index contributed by atoms with van der Waals surface area (Å²) in [5.74, 6) is -2.48. The smallest absolute Gasteiger partial charge is 0.490 e. The van der Waals surface area contributed by atoms with Crippen LogP contribution in [0.15, 0.2) is 36.4 Å². The van der Waals surface area contributed by atoms with Gasteiger partial charge < -0.3 is 25.2 Å². The molecule has 0 bridgehead atoms. The lowest BCUT2D eigenvalue weighted by atomic mass is 9.65. The molecule has 2 fully saturated rings. The molecular formula is C29H34F7N3O5. The van der Waals surface area contributed by atoms with Gasteiger partial charge in [0.25, 0.3) is 0 Å². The van der Waals surface area contributed by atoms with E-state index in [0.29, 0.717) is 30.4 Å². The third-order valence-electron chi connectivity index (χ3n) is 7.90. The van der Waals surface area contributed by atoms with E-state index in [-0.39, 0.29) is 23.2 Å². The molecule has 1 aliphatic heterocycles. The molecular weight excluding hydrogens is 603 g/mol. The van der Waals surface area contributed by atoms with Crippen molar-refractivity contribution in [2.45, 2.75) is 68.9 Å². The molecule has 2 aromatic rings. The normalized spacial score (nSPS) is 21.9. The number of alkyl halides is 6. The number of anilines is 1. The molecule has 2 aromatic carbocycles. The molecule has 4 rings (SSSR count). The number of rotatable bonds is 7. The van der Waals surface area contributed by atoms with Crippen LogP contribution in [0.5, 0.6) is 11.5 Å². The Balaban J connectivity index is 0.000000676. The summed E-state index contributed by atoms with van der Waals surface area (Å²) in [7, 11) is 3.22. The first-order valence-corrected chi connectivity index (χ1v) is 13.8. The fourth-order valence-electron chi connectivity index (χ4n) is 5.99. The molecule has 244 valence electrons. The molecule has 3 N–H and O–H groups in total. The van der Waals surface area contributed by atoms with Crippen LogP contribution in [0.4, 0.5) is 41.2 Å². The van der Waals surface area contributed by atoms with Crippen molar-refractivity contribution in [3.05, 3.63) is 53.3 Å². The van der Waals surface area contributed by atoms with Gasteiger partial charge in [-0.05, 0) is 81.1 Å². The molecule has 2 aliphatic rings. The number of likely N-dealkylation sites (tertiary alicyclic amines) is 1. The average molecular weight is 638 g/mol. The summed E-state index contributed by atoms with van der Waals surface area (Å²) in [6.45, 7) is 4.01. The number of aliphatic carboxylic acids is 1. The minimum absolute atomic E-state index is 0.104. The van der Waals surface area contributed by atoms with Gasteiger partial charge in [-0.3, -0.25) is 4.90 Å². The number of carboxylic acid groups (broad SMARTS) is 1. The highest BCUT2D eigenvalue weighted by molar-refractivity contribution is 5.89. The van der Waals surface area contributed by atoms with Gasteiger partial charge in [-0.15, -0.1) is 0 Å². The topological polar surface area (TPSA) is 100 Å². The molecule has 1 aliphatic carbocycles. The molecule has 1 saturated heterocycles. The fourth-order valence-corrected chi connectivity index (χ4v) is 5.99. The van der Waals surface area contributed by atoms with Gasteiger partial charge in [0.1, 0.15) is 5.82 Å². The summed E-state index contributed by atoms with van der Waals surface area (Å²) in [5.41, 5.74) is -0.320. The number of benzene rings is 2. The number of nitrogens with one attached hydrogen (secondary N) is 2. The number of urea groups is 1. The minimum atomic E-state index is -5.08. The van der Waals surface area contributed by atoms with E-state index >= 15 is 0 Å². The lowest BCUT2D eigenvalue weighted by Gasteiger charge is -2.45. The van der Waals surface area contributed by atoms with Gasteiger partial charge >= 0.3 is 24.4 Å². The summed E-state index contributed by atoms with van der Waals surface area (Å²) in [6, 6.07) is 7.42. The molecule has 2 amide bonds. The number of carbonyl (C=O) groups excluding carboxylic acids is 1. The highest BCUT2D eigenvalue weighted by Gasteiger charge is 2.51. The second-order valence-corrected chi connectivity index (χ2v) is 10.6. The van der Waals surface area contributed by atoms with Crippen molar-refractivity contribution < 1.29 is 54.9 Å². The molecule has 0 unspecified atom stereocenters. The van der Waals surface area contributed by atoms with Gasteiger partial charge in [0.15, 0.2) is 11.5 Å². The predicted octanol–water partition coefficient (Wildman–Crippen LogP) is 6.59. The summed E-state index contributed by atoms with van der Waals surface area (Å²) < 4.78 is 95.5. The predicted molar refractivity (Wildman–Crippen MR) is 146 cm³/mol. The van der Waals surface area contributed by atoms with Crippen molar-refractivity contribution in [3.8, 4) is 11.5 Å². The first kappa shape index (κ1) is 34.7. The number of carbonyl (C=O) groups is 2. The van der Waals surface area contributed by atoms with E-state index in [0.717, 1.165) is 44.5 Å². The Kier molecular flexibility index (Phi) is 11.0. The molecule has 8 nitrogen and oxygen atoms in total.